The topological polar surface area (TPSA) is 54.5 Å². The Bertz CT molecular complexity index is 435. The lowest BCUT2D eigenvalue weighted by atomic mass is 9.85. The molecule has 0 atom stereocenters. The van der Waals surface area contributed by atoms with Crippen molar-refractivity contribution in [1.29, 1.82) is 5.26 Å². The van der Waals surface area contributed by atoms with Crippen molar-refractivity contribution < 1.29 is 0 Å². The number of aromatic nitrogens is 3. The lowest BCUT2D eigenvalue weighted by molar-refractivity contribution is 0.335. The molecule has 0 unspecified atom stereocenters. The van der Waals surface area contributed by atoms with Gasteiger partial charge in [-0.05, 0) is 24.7 Å². The van der Waals surface area contributed by atoms with Crippen molar-refractivity contribution in [3.8, 4) is 6.07 Å². The van der Waals surface area contributed by atoms with Gasteiger partial charge in [0.25, 0.3) is 0 Å². The van der Waals surface area contributed by atoms with Crippen LogP contribution in [-0.2, 0) is 13.0 Å². The normalized spacial score (nSPS) is 16.7. The maximum atomic E-state index is 9.14. The molecule has 1 aromatic rings. The fourth-order valence-electron chi connectivity index (χ4n) is 2.98. The Hall–Kier alpha value is -1.37. The SMILES string of the molecule is CC(C)Cn1nnc(C#N)c1CCC1CCCCC1. The van der Waals surface area contributed by atoms with E-state index >= 15 is 0 Å². The second-order valence-electron chi connectivity index (χ2n) is 6.12. The van der Waals surface area contributed by atoms with Crippen LogP contribution in [0.5, 0.6) is 0 Å². The highest BCUT2D eigenvalue weighted by Gasteiger charge is 2.17. The van der Waals surface area contributed by atoms with E-state index in [1.807, 2.05) is 4.68 Å². The second-order valence-corrected chi connectivity index (χ2v) is 6.12. The van der Waals surface area contributed by atoms with Crippen LogP contribution in [0.4, 0.5) is 0 Å². The van der Waals surface area contributed by atoms with Gasteiger partial charge in [0.1, 0.15) is 6.07 Å². The van der Waals surface area contributed by atoms with Gasteiger partial charge in [-0.1, -0.05) is 51.2 Å². The summed E-state index contributed by atoms with van der Waals surface area (Å²) in [6.45, 7) is 5.19. The summed E-state index contributed by atoms with van der Waals surface area (Å²) in [7, 11) is 0. The van der Waals surface area contributed by atoms with Gasteiger partial charge in [-0.2, -0.15) is 5.26 Å². The Morgan fingerprint density at radius 1 is 1.32 bits per heavy atom. The lowest BCUT2D eigenvalue weighted by Gasteiger charge is -2.21. The number of hydrogen-bond donors (Lipinski definition) is 0. The monoisotopic (exact) mass is 260 g/mol. The fraction of sp³-hybridized carbons (Fsp3) is 0.800. The van der Waals surface area contributed by atoms with E-state index in [9.17, 15) is 0 Å². The zero-order valence-corrected chi connectivity index (χ0v) is 12.1. The van der Waals surface area contributed by atoms with Crippen LogP contribution in [0.1, 0.15) is 63.8 Å². The highest BCUT2D eigenvalue weighted by atomic mass is 15.4. The van der Waals surface area contributed by atoms with Crippen LogP contribution in [0.25, 0.3) is 0 Å². The molecule has 1 aliphatic carbocycles. The van der Waals surface area contributed by atoms with E-state index < -0.39 is 0 Å². The molecule has 1 aromatic heterocycles. The highest BCUT2D eigenvalue weighted by Crippen LogP contribution is 2.27. The van der Waals surface area contributed by atoms with Gasteiger partial charge >= 0.3 is 0 Å². The first-order chi connectivity index (χ1) is 9.20. The van der Waals surface area contributed by atoms with Crippen LogP contribution in [0.3, 0.4) is 0 Å². The van der Waals surface area contributed by atoms with Crippen LogP contribution in [0.2, 0.25) is 0 Å². The summed E-state index contributed by atoms with van der Waals surface area (Å²) < 4.78 is 1.94. The quantitative estimate of drug-likeness (QED) is 0.816. The summed E-state index contributed by atoms with van der Waals surface area (Å²) in [4.78, 5) is 0. The maximum absolute atomic E-state index is 9.14. The van der Waals surface area contributed by atoms with Crippen molar-refractivity contribution in [3.05, 3.63) is 11.4 Å². The molecule has 0 aliphatic heterocycles. The lowest BCUT2D eigenvalue weighted by Crippen LogP contribution is -2.13. The maximum Gasteiger partial charge on any atom is 0.185 e. The minimum atomic E-state index is 0.524. The Kier molecular flexibility index (Phi) is 4.95. The summed E-state index contributed by atoms with van der Waals surface area (Å²) >= 11 is 0. The van der Waals surface area contributed by atoms with Crippen LogP contribution >= 0.6 is 0 Å². The minimum Gasteiger partial charge on any atom is -0.248 e. The molecule has 4 nitrogen and oxygen atoms in total. The predicted octanol–water partition coefficient (Wildman–Crippen LogP) is 3.32. The van der Waals surface area contributed by atoms with E-state index in [0.29, 0.717) is 11.6 Å². The van der Waals surface area contributed by atoms with Gasteiger partial charge < -0.3 is 0 Å². The Labute approximate surface area is 115 Å². The molecular weight excluding hydrogens is 236 g/mol. The van der Waals surface area contributed by atoms with E-state index in [1.165, 1.54) is 38.5 Å². The first-order valence-corrected chi connectivity index (χ1v) is 7.53. The fourth-order valence-corrected chi connectivity index (χ4v) is 2.98. The van der Waals surface area contributed by atoms with E-state index in [1.54, 1.807) is 0 Å². The zero-order valence-electron chi connectivity index (χ0n) is 12.1. The third kappa shape index (κ3) is 3.79. The molecule has 0 aromatic carbocycles. The Balaban J connectivity index is 2.00. The summed E-state index contributed by atoms with van der Waals surface area (Å²) in [5.74, 6) is 1.37. The van der Waals surface area contributed by atoms with Crippen molar-refractivity contribution in [2.45, 2.75) is 65.3 Å². The molecule has 0 amide bonds. The van der Waals surface area contributed by atoms with Crippen molar-refractivity contribution >= 4 is 0 Å². The molecule has 19 heavy (non-hydrogen) atoms. The number of nitrogens with zero attached hydrogens (tertiary/aromatic N) is 4. The molecule has 1 saturated carbocycles. The third-order valence-corrected chi connectivity index (χ3v) is 4.00. The molecule has 0 saturated heterocycles. The molecule has 0 N–H and O–H groups in total. The molecule has 0 spiro atoms. The average molecular weight is 260 g/mol. The van der Waals surface area contributed by atoms with Crippen LogP contribution in [-0.4, -0.2) is 15.0 Å². The van der Waals surface area contributed by atoms with Gasteiger partial charge in [0, 0.05) is 6.54 Å². The number of nitriles is 1. The first kappa shape index (κ1) is 14.0. The molecule has 1 heterocycles. The van der Waals surface area contributed by atoms with E-state index in [2.05, 4.69) is 30.2 Å². The first-order valence-electron chi connectivity index (χ1n) is 7.53. The smallest absolute Gasteiger partial charge is 0.185 e. The van der Waals surface area contributed by atoms with Crippen molar-refractivity contribution in [1.82, 2.24) is 15.0 Å². The van der Waals surface area contributed by atoms with Gasteiger partial charge in [0.2, 0.25) is 0 Å². The van der Waals surface area contributed by atoms with Crippen molar-refractivity contribution in [3.63, 3.8) is 0 Å². The molecular formula is C15H24N4. The van der Waals surface area contributed by atoms with E-state index in [0.717, 1.165) is 24.6 Å². The summed E-state index contributed by atoms with van der Waals surface area (Å²) in [5, 5.41) is 17.3. The van der Waals surface area contributed by atoms with Gasteiger partial charge in [-0.25, -0.2) is 4.68 Å². The van der Waals surface area contributed by atoms with E-state index in [4.69, 9.17) is 5.26 Å². The van der Waals surface area contributed by atoms with Crippen molar-refractivity contribution in [2.24, 2.45) is 11.8 Å². The van der Waals surface area contributed by atoms with Gasteiger partial charge in [0.05, 0.1) is 5.69 Å². The van der Waals surface area contributed by atoms with Crippen LogP contribution in [0.15, 0.2) is 0 Å². The molecule has 104 valence electrons. The minimum absolute atomic E-state index is 0.524. The van der Waals surface area contributed by atoms with E-state index in [-0.39, 0.29) is 0 Å². The van der Waals surface area contributed by atoms with Gasteiger partial charge in [-0.3, -0.25) is 0 Å². The Morgan fingerprint density at radius 2 is 2.05 bits per heavy atom. The standard InChI is InChI=1S/C15H24N4/c1-12(2)11-19-15(14(10-16)17-18-19)9-8-13-6-4-3-5-7-13/h12-13H,3-9,11H2,1-2H3. The summed E-state index contributed by atoms with van der Waals surface area (Å²) in [6, 6.07) is 2.18. The molecule has 0 bridgehead atoms. The third-order valence-electron chi connectivity index (χ3n) is 4.00. The van der Waals surface area contributed by atoms with Gasteiger partial charge in [-0.15, -0.1) is 5.10 Å². The summed E-state index contributed by atoms with van der Waals surface area (Å²) in [6.07, 6.45) is 8.99. The number of hydrogen-bond acceptors (Lipinski definition) is 3. The molecule has 1 aliphatic rings. The summed E-state index contributed by atoms with van der Waals surface area (Å²) in [5.41, 5.74) is 1.57. The average Bonchev–Trinajstić information content (AvgIpc) is 2.79. The second kappa shape index (κ2) is 6.70. The van der Waals surface area contributed by atoms with Gasteiger partial charge in [0.15, 0.2) is 5.69 Å². The largest absolute Gasteiger partial charge is 0.248 e. The van der Waals surface area contributed by atoms with Crippen molar-refractivity contribution in [2.75, 3.05) is 0 Å². The predicted molar refractivity (Wildman–Crippen MR) is 74.5 cm³/mol. The van der Waals surface area contributed by atoms with Crippen LogP contribution < -0.4 is 0 Å². The Morgan fingerprint density at radius 3 is 2.68 bits per heavy atom. The highest BCUT2D eigenvalue weighted by molar-refractivity contribution is 5.24. The number of rotatable bonds is 5. The molecule has 2 rings (SSSR count). The molecule has 1 fully saturated rings. The zero-order chi connectivity index (χ0) is 13.7. The molecule has 0 radical (unpaired) electrons. The molecule has 4 heteroatoms. The van der Waals surface area contributed by atoms with Crippen LogP contribution in [0, 0.1) is 23.2 Å².